The Labute approximate surface area is 234 Å². The summed E-state index contributed by atoms with van der Waals surface area (Å²) in [6.45, 7) is 4.15. The number of para-hydroxylation sites is 1. The second-order valence-electron chi connectivity index (χ2n) is 9.10. The van der Waals surface area contributed by atoms with Crippen molar-refractivity contribution < 1.29 is 37.7 Å². The zero-order chi connectivity index (χ0) is 29.8. The number of methoxy groups -OCH3 is 1. The molecule has 0 spiro atoms. The SMILES string of the molecule is CCOC(=O)[C@H](C)NP(=O)(OC[C@H]1O[C@@H](n2cnc3c(OC)nc(N)nc32)[C@](C)(N=[N+]=[N-])[C@@H]1O)Oc1ccccc1. The maximum Gasteiger partial charge on any atom is 0.459 e. The molecule has 220 valence electrons. The van der Waals surface area contributed by atoms with E-state index in [0.717, 1.165) is 0 Å². The van der Waals surface area contributed by atoms with Crippen LogP contribution in [-0.2, 0) is 23.4 Å². The number of nitrogens with two attached hydrogens (primary N) is 1. The van der Waals surface area contributed by atoms with E-state index in [4.69, 9.17) is 29.0 Å². The molecule has 0 bridgehead atoms. The number of carbonyl (C=O) groups is 1. The lowest BCUT2D eigenvalue weighted by Crippen LogP contribution is -2.43. The Balaban J connectivity index is 1.63. The van der Waals surface area contributed by atoms with Crippen molar-refractivity contribution in [3.05, 3.63) is 47.1 Å². The summed E-state index contributed by atoms with van der Waals surface area (Å²) in [4.78, 5) is 27.6. The maximum atomic E-state index is 13.8. The van der Waals surface area contributed by atoms with E-state index >= 15 is 0 Å². The number of fused-ring (bicyclic) bond motifs is 1. The fourth-order valence-electron chi connectivity index (χ4n) is 4.24. The van der Waals surface area contributed by atoms with E-state index < -0.39 is 50.3 Å². The molecule has 1 fully saturated rings. The van der Waals surface area contributed by atoms with Crippen molar-refractivity contribution in [1.82, 2.24) is 24.6 Å². The Morgan fingerprint density at radius 3 is 2.78 bits per heavy atom. The number of esters is 1. The first-order chi connectivity index (χ1) is 19.5. The largest absolute Gasteiger partial charge is 0.479 e. The van der Waals surface area contributed by atoms with Gasteiger partial charge in [-0.15, -0.1) is 0 Å². The number of ether oxygens (including phenoxy) is 3. The molecule has 4 rings (SSSR count). The Hall–Kier alpha value is -3.98. The van der Waals surface area contributed by atoms with Crippen LogP contribution in [0.25, 0.3) is 21.6 Å². The lowest BCUT2D eigenvalue weighted by atomic mass is 9.93. The Bertz CT molecular complexity index is 1480. The number of azide groups is 1. The van der Waals surface area contributed by atoms with Crippen LogP contribution in [0.2, 0.25) is 0 Å². The average Bonchev–Trinajstić information content (AvgIpc) is 3.46. The zero-order valence-electron chi connectivity index (χ0n) is 22.6. The summed E-state index contributed by atoms with van der Waals surface area (Å²) in [7, 11) is -2.88. The fraction of sp³-hybridized carbons (Fsp3) is 0.478. The van der Waals surface area contributed by atoms with Crippen LogP contribution in [-0.4, -0.2) is 74.7 Å². The Kier molecular flexibility index (Phi) is 8.97. The van der Waals surface area contributed by atoms with E-state index in [9.17, 15) is 20.0 Å². The third-order valence-electron chi connectivity index (χ3n) is 6.24. The Morgan fingerprint density at radius 1 is 1.39 bits per heavy atom. The monoisotopic (exact) mass is 591 g/mol. The first kappa shape index (κ1) is 30.0. The molecular weight excluding hydrogens is 561 g/mol. The summed E-state index contributed by atoms with van der Waals surface area (Å²) in [5.74, 6) is -0.484. The van der Waals surface area contributed by atoms with Crippen LogP contribution < -0.4 is 20.1 Å². The molecule has 18 heteroatoms. The van der Waals surface area contributed by atoms with Gasteiger partial charge >= 0.3 is 13.7 Å². The van der Waals surface area contributed by atoms with Crippen molar-refractivity contribution in [2.75, 3.05) is 26.1 Å². The molecule has 1 aromatic carbocycles. The summed E-state index contributed by atoms with van der Waals surface area (Å²) in [5.41, 5.74) is 14.0. The van der Waals surface area contributed by atoms with Crippen LogP contribution in [0, 0.1) is 0 Å². The number of benzene rings is 1. The van der Waals surface area contributed by atoms with Gasteiger partial charge in [0, 0.05) is 4.91 Å². The predicted octanol–water partition coefficient (Wildman–Crippen LogP) is 2.49. The van der Waals surface area contributed by atoms with Gasteiger partial charge in [0.05, 0.1) is 32.8 Å². The van der Waals surface area contributed by atoms with Crippen LogP contribution in [0.3, 0.4) is 0 Å². The van der Waals surface area contributed by atoms with Crippen LogP contribution >= 0.6 is 7.75 Å². The minimum Gasteiger partial charge on any atom is -0.479 e. The number of nitrogens with zero attached hydrogens (tertiary/aromatic N) is 7. The molecule has 3 heterocycles. The minimum atomic E-state index is -4.27. The fourth-order valence-corrected chi connectivity index (χ4v) is 5.74. The highest BCUT2D eigenvalue weighted by Crippen LogP contribution is 2.48. The number of aromatic nitrogens is 4. The van der Waals surface area contributed by atoms with Crippen LogP contribution in [0.1, 0.15) is 27.0 Å². The highest BCUT2D eigenvalue weighted by molar-refractivity contribution is 7.52. The van der Waals surface area contributed by atoms with Gasteiger partial charge in [-0.1, -0.05) is 23.3 Å². The van der Waals surface area contributed by atoms with Gasteiger partial charge in [-0.05, 0) is 38.4 Å². The molecule has 2 aromatic heterocycles. The number of nitrogens with one attached hydrogen (secondary N) is 1. The van der Waals surface area contributed by atoms with Crippen molar-refractivity contribution >= 4 is 30.8 Å². The van der Waals surface area contributed by atoms with Gasteiger partial charge in [0.15, 0.2) is 17.4 Å². The molecule has 1 saturated heterocycles. The van der Waals surface area contributed by atoms with Crippen molar-refractivity contribution in [2.45, 2.75) is 50.8 Å². The standard InChI is InChI=1S/C23H30N9O8P/c1-5-37-20(34)13(2)29-41(35,40-14-9-7-6-8-10-14)38-11-15-17(33)23(3,30-31-25)21(39-15)32-12-26-16-18(32)27-22(24)28-19(16)36-4/h6-10,12-13,15,17,21,33H,5,11H2,1-4H3,(H,29,35)(H2,24,27,28)/t13-,15+,17+,21+,23+,41?/m0/s1. The second-order valence-corrected chi connectivity index (χ2v) is 10.8. The third-order valence-corrected chi connectivity index (χ3v) is 7.88. The Morgan fingerprint density at radius 2 is 2.12 bits per heavy atom. The lowest BCUT2D eigenvalue weighted by molar-refractivity contribution is -0.144. The third kappa shape index (κ3) is 6.20. The molecule has 0 saturated carbocycles. The topological polar surface area (TPSA) is 231 Å². The summed E-state index contributed by atoms with van der Waals surface area (Å²) in [5, 5.41) is 17.6. The molecule has 6 atom stereocenters. The number of aliphatic hydroxyl groups excluding tert-OH is 1. The summed E-state index contributed by atoms with van der Waals surface area (Å²) < 4.78 is 42.8. The van der Waals surface area contributed by atoms with E-state index in [-0.39, 0.29) is 35.3 Å². The van der Waals surface area contributed by atoms with Gasteiger partial charge in [-0.25, -0.2) is 9.55 Å². The molecule has 3 aromatic rings. The van der Waals surface area contributed by atoms with Gasteiger partial charge in [0.1, 0.15) is 23.4 Å². The number of rotatable bonds is 12. The summed E-state index contributed by atoms with van der Waals surface area (Å²) >= 11 is 0. The molecule has 1 aliphatic rings. The molecule has 1 aliphatic heterocycles. The summed E-state index contributed by atoms with van der Waals surface area (Å²) in [6.07, 6.45) is -2.47. The molecule has 41 heavy (non-hydrogen) atoms. The normalized spacial score (nSPS) is 24.3. The van der Waals surface area contributed by atoms with Gasteiger partial charge < -0.3 is 29.6 Å². The number of imidazole rings is 1. The van der Waals surface area contributed by atoms with Gasteiger partial charge in [-0.3, -0.25) is 13.9 Å². The van der Waals surface area contributed by atoms with Crippen LogP contribution in [0.4, 0.5) is 5.95 Å². The van der Waals surface area contributed by atoms with E-state index in [2.05, 4.69) is 30.1 Å². The lowest BCUT2D eigenvalue weighted by Gasteiger charge is -2.28. The predicted molar refractivity (Wildman–Crippen MR) is 144 cm³/mol. The van der Waals surface area contributed by atoms with E-state index in [0.29, 0.717) is 0 Å². The average molecular weight is 592 g/mol. The molecular formula is C23H30N9O8P. The van der Waals surface area contributed by atoms with Crippen molar-refractivity contribution in [3.8, 4) is 11.6 Å². The van der Waals surface area contributed by atoms with E-state index in [1.54, 1.807) is 37.3 Å². The molecule has 0 amide bonds. The number of hydrogen-bond donors (Lipinski definition) is 3. The molecule has 0 radical (unpaired) electrons. The van der Waals surface area contributed by atoms with E-state index in [1.807, 2.05) is 0 Å². The van der Waals surface area contributed by atoms with Crippen molar-refractivity contribution in [1.29, 1.82) is 0 Å². The molecule has 0 aliphatic carbocycles. The first-order valence-corrected chi connectivity index (χ1v) is 14.0. The maximum absolute atomic E-state index is 13.8. The highest BCUT2D eigenvalue weighted by atomic mass is 31.2. The van der Waals surface area contributed by atoms with Gasteiger partial charge in [0.25, 0.3) is 0 Å². The molecule has 17 nitrogen and oxygen atoms in total. The zero-order valence-corrected chi connectivity index (χ0v) is 23.5. The number of anilines is 1. The highest BCUT2D eigenvalue weighted by Gasteiger charge is 2.55. The molecule has 4 N–H and O–H groups in total. The van der Waals surface area contributed by atoms with Crippen molar-refractivity contribution in [3.63, 3.8) is 0 Å². The smallest absolute Gasteiger partial charge is 0.459 e. The van der Waals surface area contributed by atoms with Crippen LogP contribution in [0.15, 0.2) is 41.8 Å². The second kappa shape index (κ2) is 12.3. The van der Waals surface area contributed by atoms with Gasteiger partial charge in [-0.2, -0.15) is 15.1 Å². The molecule has 1 unspecified atom stereocenters. The van der Waals surface area contributed by atoms with Crippen LogP contribution in [0.5, 0.6) is 11.6 Å². The van der Waals surface area contributed by atoms with Gasteiger partial charge in [0.2, 0.25) is 11.8 Å². The first-order valence-electron chi connectivity index (χ1n) is 12.4. The van der Waals surface area contributed by atoms with Crippen molar-refractivity contribution in [2.24, 2.45) is 5.11 Å². The van der Waals surface area contributed by atoms with E-state index in [1.165, 1.54) is 31.9 Å². The number of aliphatic hydroxyl groups is 1. The quantitative estimate of drug-likeness (QED) is 0.0904. The number of carbonyl (C=O) groups excluding carboxylic acids is 1. The number of nitrogen functional groups attached to an aromatic ring is 1. The summed E-state index contributed by atoms with van der Waals surface area (Å²) in [6, 6.07) is 7.09. The minimum absolute atomic E-state index is 0.107. The number of hydrogen-bond acceptors (Lipinski definition) is 13.